The number of carbonyl (C=O) groups is 2. The zero-order valence-corrected chi connectivity index (χ0v) is 10.9. The second kappa shape index (κ2) is 7.02. The Morgan fingerprint density at radius 2 is 1.70 bits per heavy atom. The molecule has 1 aromatic rings. The third kappa shape index (κ3) is 4.32. The molecule has 0 bridgehead atoms. The first-order valence-corrected chi connectivity index (χ1v) is 6.37. The second-order valence-electron chi connectivity index (χ2n) is 4.34. The van der Waals surface area contributed by atoms with Gasteiger partial charge in [-0.2, -0.15) is 0 Å². The van der Waals surface area contributed by atoms with Crippen LogP contribution in [0, 0.1) is 0 Å². The number of carbonyl (C=O) groups excluding carboxylic acids is 2. The molecule has 1 unspecified atom stereocenters. The van der Waals surface area contributed by atoms with Gasteiger partial charge in [0.1, 0.15) is 12.7 Å². The molecule has 1 heterocycles. The van der Waals surface area contributed by atoms with Crippen molar-refractivity contribution in [1.29, 1.82) is 0 Å². The summed E-state index contributed by atoms with van der Waals surface area (Å²) in [5.41, 5.74) is 0.725. The number of ether oxygens (including phenoxy) is 3. The van der Waals surface area contributed by atoms with Crippen molar-refractivity contribution in [3.63, 3.8) is 0 Å². The Morgan fingerprint density at radius 3 is 2.20 bits per heavy atom. The molecule has 1 aliphatic heterocycles. The Kier molecular flexibility index (Phi) is 5.09. The minimum Gasteiger partial charge on any atom is -0.462 e. The van der Waals surface area contributed by atoms with Gasteiger partial charge in [-0.25, -0.2) is 9.59 Å². The van der Waals surface area contributed by atoms with Crippen molar-refractivity contribution in [1.82, 2.24) is 0 Å². The molecular formula is C14H16O6. The van der Waals surface area contributed by atoms with E-state index in [0.717, 1.165) is 0 Å². The first kappa shape index (κ1) is 14.5. The van der Waals surface area contributed by atoms with Crippen LogP contribution in [0.1, 0.15) is 27.1 Å². The maximum Gasteiger partial charge on any atom is 0.338 e. The molecule has 1 fully saturated rings. The molecule has 108 valence electrons. The summed E-state index contributed by atoms with van der Waals surface area (Å²) < 4.78 is 14.9. The predicted molar refractivity (Wildman–Crippen MR) is 68.4 cm³/mol. The maximum absolute atomic E-state index is 11.6. The first-order valence-electron chi connectivity index (χ1n) is 6.37. The molecule has 1 saturated heterocycles. The molecular weight excluding hydrogens is 264 g/mol. The van der Waals surface area contributed by atoms with E-state index in [0.29, 0.717) is 24.2 Å². The lowest BCUT2D eigenvalue weighted by molar-refractivity contribution is 0.0465. The average Bonchev–Trinajstić information content (AvgIpc) is 3.29. The molecule has 0 aliphatic carbocycles. The standard InChI is InChI=1S/C14H16O6/c15-6-1-7-18-13(16)10-2-4-11(5-3-10)14(17)20-9-12-8-19-12/h2-5,12,15H,1,6-9H2. The number of benzene rings is 1. The third-order valence-corrected chi connectivity index (χ3v) is 2.69. The number of aliphatic hydroxyl groups excluding tert-OH is 1. The zero-order chi connectivity index (χ0) is 14.4. The zero-order valence-electron chi connectivity index (χ0n) is 10.9. The van der Waals surface area contributed by atoms with Crippen LogP contribution in [0.3, 0.4) is 0 Å². The van der Waals surface area contributed by atoms with Crippen LogP contribution in [-0.4, -0.2) is 49.6 Å². The molecule has 2 rings (SSSR count). The van der Waals surface area contributed by atoms with Gasteiger partial charge in [-0.3, -0.25) is 0 Å². The highest BCUT2D eigenvalue weighted by Crippen LogP contribution is 2.12. The van der Waals surface area contributed by atoms with Gasteiger partial charge >= 0.3 is 11.9 Å². The van der Waals surface area contributed by atoms with Crippen molar-refractivity contribution in [2.75, 3.05) is 26.4 Å². The summed E-state index contributed by atoms with van der Waals surface area (Å²) >= 11 is 0. The molecule has 1 aliphatic rings. The molecule has 0 aromatic heterocycles. The van der Waals surface area contributed by atoms with E-state index < -0.39 is 11.9 Å². The van der Waals surface area contributed by atoms with Gasteiger partial charge < -0.3 is 19.3 Å². The van der Waals surface area contributed by atoms with Crippen LogP contribution in [0.5, 0.6) is 0 Å². The fourth-order valence-corrected chi connectivity index (χ4v) is 1.47. The number of hydrogen-bond acceptors (Lipinski definition) is 6. The van der Waals surface area contributed by atoms with Crippen molar-refractivity contribution < 1.29 is 28.9 Å². The van der Waals surface area contributed by atoms with Gasteiger partial charge in [0, 0.05) is 13.0 Å². The number of epoxide rings is 1. The molecule has 1 N–H and O–H groups in total. The lowest BCUT2D eigenvalue weighted by Gasteiger charge is -2.05. The molecule has 0 radical (unpaired) electrons. The first-order chi connectivity index (χ1) is 9.70. The normalized spacial score (nSPS) is 16.6. The largest absolute Gasteiger partial charge is 0.462 e. The van der Waals surface area contributed by atoms with Crippen molar-refractivity contribution in [2.24, 2.45) is 0 Å². The number of esters is 2. The maximum atomic E-state index is 11.6. The fourth-order valence-electron chi connectivity index (χ4n) is 1.47. The lowest BCUT2D eigenvalue weighted by Crippen LogP contribution is -2.11. The Labute approximate surface area is 116 Å². The topological polar surface area (TPSA) is 85.4 Å². The van der Waals surface area contributed by atoms with Crippen molar-refractivity contribution in [3.8, 4) is 0 Å². The highest BCUT2D eigenvalue weighted by molar-refractivity contribution is 5.93. The van der Waals surface area contributed by atoms with Crippen LogP contribution in [-0.2, 0) is 14.2 Å². The summed E-state index contributed by atoms with van der Waals surface area (Å²) in [5.74, 6) is -0.926. The summed E-state index contributed by atoms with van der Waals surface area (Å²) in [4.78, 5) is 23.2. The molecule has 1 aromatic carbocycles. The van der Waals surface area contributed by atoms with Gasteiger partial charge in [-0.05, 0) is 24.3 Å². The number of aliphatic hydroxyl groups is 1. The number of rotatable bonds is 7. The van der Waals surface area contributed by atoms with Gasteiger partial charge in [-0.15, -0.1) is 0 Å². The van der Waals surface area contributed by atoms with E-state index in [1.807, 2.05) is 0 Å². The SMILES string of the molecule is O=C(OCCCO)c1ccc(C(=O)OCC2CO2)cc1. The van der Waals surface area contributed by atoms with Gasteiger partial charge in [0.25, 0.3) is 0 Å². The Bertz CT molecular complexity index is 463. The van der Waals surface area contributed by atoms with E-state index in [-0.39, 0.29) is 25.9 Å². The van der Waals surface area contributed by atoms with Crippen LogP contribution in [0.2, 0.25) is 0 Å². The lowest BCUT2D eigenvalue weighted by atomic mass is 10.1. The smallest absolute Gasteiger partial charge is 0.338 e. The van der Waals surface area contributed by atoms with Crippen molar-refractivity contribution >= 4 is 11.9 Å². The van der Waals surface area contributed by atoms with Crippen molar-refractivity contribution in [2.45, 2.75) is 12.5 Å². The van der Waals surface area contributed by atoms with Crippen molar-refractivity contribution in [3.05, 3.63) is 35.4 Å². The molecule has 0 saturated carbocycles. The summed E-state index contributed by atoms with van der Waals surface area (Å²) in [5, 5.41) is 8.59. The van der Waals surface area contributed by atoms with Gasteiger partial charge in [0.15, 0.2) is 0 Å². The third-order valence-electron chi connectivity index (χ3n) is 2.69. The quantitative estimate of drug-likeness (QED) is 0.451. The van der Waals surface area contributed by atoms with E-state index in [2.05, 4.69) is 0 Å². The van der Waals surface area contributed by atoms with Gasteiger partial charge in [0.2, 0.25) is 0 Å². The Balaban J connectivity index is 1.84. The Hall–Kier alpha value is -1.92. The summed E-state index contributed by atoms with van der Waals surface area (Å²) in [6.07, 6.45) is 0.430. The summed E-state index contributed by atoms with van der Waals surface area (Å²) in [7, 11) is 0. The Morgan fingerprint density at radius 1 is 1.15 bits per heavy atom. The molecule has 0 amide bonds. The average molecular weight is 280 g/mol. The highest BCUT2D eigenvalue weighted by atomic mass is 16.6. The monoisotopic (exact) mass is 280 g/mol. The van der Waals surface area contributed by atoms with E-state index in [4.69, 9.17) is 19.3 Å². The molecule has 1 atom stereocenters. The van der Waals surface area contributed by atoms with E-state index in [1.165, 1.54) is 24.3 Å². The predicted octanol–water partition coefficient (Wildman–Crippen LogP) is 0.781. The molecule has 0 spiro atoms. The summed E-state index contributed by atoms with van der Waals surface area (Å²) in [6.45, 7) is 1.03. The van der Waals surface area contributed by atoms with Crippen LogP contribution in [0.15, 0.2) is 24.3 Å². The van der Waals surface area contributed by atoms with Gasteiger partial charge in [-0.1, -0.05) is 0 Å². The van der Waals surface area contributed by atoms with Gasteiger partial charge in [0.05, 0.1) is 24.3 Å². The fraction of sp³-hybridized carbons (Fsp3) is 0.429. The van der Waals surface area contributed by atoms with Crippen LogP contribution in [0.25, 0.3) is 0 Å². The van der Waals surface area contributed by atoms with E-state index >= 15 is 0 Å². The van der Waals surface area contributed by atoms with Crippen LogP contribution >= 0.6 is 0 Å². The van der Waals surface area contributed by atoms with E-state index in [9.17, 15) is 9.59 Å². The van der Waals surface area contributed by atoms with Crippen LogP contribution in [0.4, 0.5) is 0 Å². The van der Waals surface area contributed by atoms with Crippen LogP contribution < -0.4 is 0 Å². The molecule has 6 heteroatoms. The minimum atomic E-state index is -0.482. The summed E-state index contributed by atoms with van der Waals surface area (Å²) in [6, 6.07) is 6.04. The highest BCUT2D eigenvalue weighted by Gasteiger charge is 2.24. The second-order valence-corrected chi connectivity index (χ2v) is 4.34. The van der Waals surface area contributed by atoms with E-state index in [1.54, 1.807) is 0 Å². The minimum absolute atomic E-state index is 0.0250. The molecule has 20 heavy (non-hydrogen) atoms. The molecule has 6 nitrogen and oxygen atoms in total. The number of hydrogen-bond donors (Lipinski definition) is 1.